The van der Waals surface area contributed by atoms with E-state index in [2.05, 4.69) is 53.2 Å². The van der Waals surface area contributed by atoms with Crippen molar-refractivity contribution in [2.45, 2.75) is 46.1 Å². The minimum Gasteiger partial charge on any atom is -0.361 e. The van der Waals surface area contributed by atoms with Gasteiger partial charge in [-0.1, -0.05) is 47.1 Å². The number of aryl methyl sites for hydroxylation is 1. The zero-order valence-corrected chi connectivity index (χ0v) is 15.6. The van der Waals surface area contributed by atoms with Crippen molar-refractivity contribution >= 4 is 21.8 Å². The van der Waals surface area contributed by atoms with E-state index in [1.165, 1.54) is 0 Å². The van der Waals surface area contributed by atoms with Crippen LogP contribution in [0.15, 0.2) is 39.3 Å². The maximum absolute atomic E-state index is 12.5. The Bertz CT molecular complexity index is 681. The molecule has 0 saturated heterocycles. The molecule has 124 valence electrons. The van der Waals surface area contributed by atoms with E-state index in [-0.39, 0.29) is 12.3 Å². The van der Waals surface area contributed by atoms with Gasteiger partial charge in [0.15, 0.2) is 0 Å². The number of hydrogen-bond donors (Lipinski definition) is 1. The first-order valence-corrected chi connectivity index (χ1v) is 8.57. The largest absolute Gasteiger partial charge is 0.361 e. The number of aromatic nitrogens is 1. The smallest absolute Gasteiger partial charge is 0.226 e. The molecule has 1 amide bonds. The van der Waals surface area contributed by atoms with Crippen LogP contribution in [0.2, 0.25) is 0 Å². The highest BCUT2D eigenvalue weighted by molar-refractivity contribution is 9.10. The van der Waals surface area contributed by atoms with E-state index in [9.17, 15) is 4.79 Å². The van der Waals surface area contributed by atoms with Crippen LogP contribution in [0.25, 0.3) is 0 Å². The van der Waals surface area contributed by atoms with Crippen LogP contribution < -0.4 is 5.32 Å². The van der Waals surface area contributed by atoms with Crippen LogP contribution in [0.1, 0.15) is 44.2 Å². The molecule has 1 atom stereocenters. The summed E-state index contributed by atoms with van der Waals surface area (Å²) in [4.78, 5) is 12.5. The fraction of sp³-hybridized carbons (Fsp3) is 0.444. The third-order valence-corrected chi connectivity index (χ3v) is 4.21. The molecular weight excluding hydrogens is 356 g/mol. The second-order valence-corrected chi connectivity index (χ2v) is 7.51. The quantitative estimate of drug-likeness (QED) is 0.811. The highest BCUT2D eigenvalue weighted by Gasteiger charge is 2.30. The SMILES string of the molecule is Cc1cc(CC(=O)N[C@](C)(CC(C)C)c2cccc(Br)c2)no1. The average Bonchev–Trinajstić information content (AvgIpc) is 2.82. The van der Waals surface area contributed by atoms with Crippen molar-refractivity contribution in [2.24, 2.45) is 5.92 Å². The molecule has 23 heavy (non-hydrogen) atoms. The molecule has 0 aliphatic carbocycles. The van der Waals surface area contributed by atoms with Gasteiger partial charge in [-0.05, 0) is 43.9 Å². The van der Waals surface area contributed by atoms with Crippen molar-refractivity contribution in [1.82, 2.24) is 10.5 Å². The second kappa shape index (κ2) is 7.30. The van der Waals surface area contributed by atoms with Gasteiger partial charge in [-0.3, -0.25) is 4.79 Å². The van der Waals surface area contributed by atoms with Gasteiger partial charge in [-0.2, -0.15) is 0 Å². The first kappa shape index (κ1) is 17.7. The lowest BCUT2D eigenvalue weighted by atomic mass is 9.84. The van der Waals surface area contributed by atoms with Crippen LogP contribution in [-0.4, -0.2) is 11.1 Å². The van der Waals surface area contributed by atoms with Gasteiger partial charge >= 0.3 is 0 Å². The van der Waals surface area contributed by atoms with E-state index in [1.54, 1.807) is 6.07 Å². The molecule has 0 aliphatic rings. The lowest BCUT2D eigenvalue weighted by Gasteiger charge is -2.33. The minimum absolute atomic E-state index is 0.0542. The van der Waals surface area contributed by atoms with Gasteiger partial charge in [0.1, 0.15) is 5.76 Å². The van der Waals surface area contributed by atoms with Crippen molar-refractivity contribution in [3.63, 3.8) is 0 Å². The summed E-state index contributed by atoms with van der Waals surface area (Å²) in [6.45, 7) is 8.20. The van der Waals surface area contributed by atoms with Crippen molar-refractivity contribution in [3.05, 3.63) is 51.8 Å². The third-order valence-electron chi connectivity index (χ3n) is 3.71. The highest BCUT2D eigenvalue weighted by atomic mass is 79.9. The van der Waals surface area contributed by atoms with E-state index >= 15 is 0 Å². The number of benzene rings is 1. The fourth-order valence-electron chi connectivity index (χ4n) is 2.91. The Morgan fingerprint density at radius 1 is 1.39 bits per heavy atom. The topological polar surface area (TPSA) is 55.1 Å². The number of carbonyl (C=O) groups excluding carboxylic acids is 1. The van der Waals surface area contributed by atoms with Gasteiger partial charge < -0.3 is 9.84 Å². The number of nitrogens with one attached hydrogen (secondary N) is 1. The van der Waals surface area contributed by atoms with E-state index in [0.717, 1.165) is 16.5 Å². The Labute approximate surface area is 145 Å². The standard InChI is InChI=1S/C18H23BrN2O2/c1-12(2)11-18(4,14-6-5-7-15(19)9-14)20-17(22)10-16-8-13(3)23-21-16/h5-9,12H,10-11H2,1-4H3,(H,20,22)/t18-/m1/s1. The Balaban J connectivity index is 2.19. The molecular formula is C18H23BrN2O2. The molecule has 0 bridgehead atoms. The van der Waals surface area contributed by atoms with Gasteiger partial charge in [0.05, 0.1) is 17.7 Å². The van der Waals surface area contributed by atoms with Gasteiger partial charge in [-0.25, -0.2) is 0 Å². The number of halogens is 1. The molecule has 0 spiro atoms. The van der Waals surface area contributed by atoms with Crippen LogP contribution in [0.3, 0.4) is 0 Å². The number of hydrogen-bond acceptors (Lipinski definition) is 3. The van der Waals surface area contributed by atoms with Crippen molar-refractivity contribution in [2.75, 3.05) is 0 Å². The molecule has 5 heteroatoms. The first-order chi connectivity index (χ1) is 10.8. The summed E-state index contributed by atoms with van der Waals surface area (Å²) in [5.74, 6) is 1.11. The van der Waals surface area contributed by atoms with Gasteiger partial charge in [0.2, 0.25) is 5.91 Å². The monoisotopic (exact) mass is 378 g/mol. The molecule has 0 unspecified atom stereocenters. The number of carbonyl (C=O) groups is 1. The maximum atomic E-state index is 12.5. The Morgan fingerprint density at radius 2 is 2.13 bits per heavy atom. The molecule has 1 aromatic heterocycles. The number of amides is 1. The van der Waals surface area contributed by atoms with Crippen molar-refractivity contribution in [1.29, 1.82) is 0 Å². The molecule has 4 nitrogen and oxygen atoms in total. The minimum atomic E-state index is -0.423. The third kappa shape index (κ3) is 4.93. The number of nitrogens with zero attached hydrogens (tertiary/aromatic N) is 1. The first-order valence-electron chi connectivity index (χ1n) is 7.78. The Morgan fingerprint density at radius 3 is 2.70 bits per heavy atom. The van der Waals surface area contributed by atoms with Gasteiger partial charge in [0, 0.05) is 10.5 Å². The summed E-state index contributed by atoms with van der Waals surface area (Å²) >= 11 is 3.51. The summed E-state index contributed by atoms with van der Waals surface area (Å²) in [6, 6.07) is 9.87. The Kier molecular flexibility index (Phi) is 5.63. The summed E-state index contributed by atoms with van der Waals surface area (Å²) in [5.41, 5.74) is 1.32. The zero-order chi connectivity index (χ0) is 17.0. The molecule has 1 N–H and O–H groups in total. The highest BCUT2D eigenvalue weighted by Crippen LogP contribution is 2.30. The summed E-state index contributed by atoms with van der Waals surface area (Å²) in [6.07, 6.45) is 1.08. The van der Waals surface area contributed by atoms with E-state index in [0.29, 0.717) is 17.4 Å². The van der Waals surface area contributed by atoms with Crippen LogP contribution in [0, 0.1) is 12.8 Å². The summed E-state index contributed by atoms with van der Waals surface area (Å²) < 4.78 is 6.03. The second-order valence-electron chi connectivity index (χ2n) is 6.59. The van der Waals surface area contributed by atoms with Gasteiger partial charge in [0.25, 0.3) is 0 Å². The lowest BCUT2D eigenvalue weighted by molar-refractivity contribution is -0.122. The van der Waals surface area contributed by atoms with E-state index in [4.69, 9.17) is 4.52 Å². The summed E-state index contributed by atoms with van der Waals surface area (Å²) in [7, 11) is 0. The molecule has 0 aliphatic heterocycles. The lowest BCUT2D eigenvalue weighted by Crippen LogP contribution is -2.45. The fourth-order valence-corrected chi connectivity index (χ4v) is 3.31. The van der Waals surface area contributed by atoms with Crippen molar-refractivity contribution in [3.8, 4) is 0 Å². The molecule has 0 fully saturated rings. The molecule has 0 saturated carbocycles. The predicted octanol–water partition coefficient (Wildman–Crippen LogP) is 4.37. The average molecular weight is 379 g/mol. The van der Waals surface area contributed by atoms with Crippen LogP contribution in [-0.2, 0) is 16.8 Å². The predicted molar refractivity (Wildman–Crippen MR) is 94.0 cm³/mol. The van der Waals surface area contributed by atoms with E-state index in [1.807, 2.05) is 25.1 Å². The molecule has 1 aromatic carbocycles. The maximum Gasteiger partial charge on any atom is 0.226 e. The van der Waals surface area contributed by atoms with Crippen LogP contribution >= 0.6 is 15.9 Å². The van der Waals surface area contributed by atoms with E-state index < -0.39 is 5.54 Å². The molecule has 2 aromatic rings. The number of rotatable bonds is 6. The van der Waals surface area contributed by atoms with Crippen LogP contribution in [0.5, 0.6) is 0 Å². The molecule has 0 radical (unpaired) electrons. The summed E-state index contributed by atoms with van der Waals surface area (Å²) in [5, 5.41) is 7.07. The van der Waals surface area contributed by atoms with Crippen molar-refractivity contribution < 1.29 is 9.32 Å². The van der Waals surface area contributed by atoms with Crippen LogP contribution in [0.4, 0.5) is 0 Å². The zero-order valence-electron chi connectivity index (χ0n) is 14.0. The molecule has 1 heterocycles. The normalized spacial score (nSPS) is 13.8. The van der Waals surface area contributed by atoms with Gasteiger partial charge in [-0.15, -0.1) is 0 Å². The molecule has 2 rings (SSSR count). The Hall–Kier alpha value is -1.62.